The van der Waals surface area contributed by atoms with Crippen LogP contribution in [-0.2, 0) is 9.59 Å². The molecule has 0 atom stereocenters. The monoisotopic (exact) mass is 491 g/mol. The SMILES string of the molecule is CN(C)CCNC(=O)c1cc(-c2cc(NC3CC3)n3ncc(/C=C4\CC(=O)NC4=O)c3n2)ccc1F. The zero-order valence-corrected chi connectivity index (χ0v) is 20.0. The van der Waals surface area contributed by atoms with Crippen LogP contribution in [0.15, 0.2) is 36.0 Å². The average Bonchev–Trinajstić information content (AvgIpc) is 3.47. The molecule has 1 aliphatic heterocycles. The molecule has 0 radical (unpaired) electrons. The van der Waals surface area contributed by atoms with Gasteiger partial charge in [-0.05, 0) is 51.2 Å². The van der Waals surface area contributed by atoms with Crippen LogP contribution in [0.3, 0.4) is 0 Å². The van der Waals surface area contributed by atoms with Gasteiger partial charge >= 0.3 is 0 Å². The van der Waals surface area contributed by atoms with Gasteiger partial charge in [0.1, 0.15) is 11.6 Å². The van der Waals surface area contributed by atoms with Crippen molar-refractivity contribution in [3.63, 3.8) is 0 Å². The Morgan fingerprint density at radius 3 is 2.78 bits per heavy atom. The van der Waals surface area contributed by atoms with Crippen LogP contribution in [0.5, 0.6) is 0 Å². The Morgan fingerprint density at radius 1 is 1.28 bits per heavy atom. The minimum absolute atomic E-state index is 0.00665. The van der Waals surface area contributed by atoms with Crippen LogP contribution in [0.2, 0.25) is 0 Å². The van der Waals surface area contributed by atoms with Crippen LogP contribution in [0.25, 0.3) is 23.0 Å². The Balaban J connectivity index is 1.54. The number of nitrogens with zero attached hydrogens (tertiary/aromatic N) is 4. The summed E-state index contributed by atoms with van der Waals surface area (Å²) in [7, 11) is 3.78. The third-order valence-electron chi connectivity index (χ3n) is 6.01. The minimum atomic E-state index is -0.620. The van der Waals surface area contributed by atoms with E-state index in [-0.39, 0.29) is 17.9 Å². The topological polar surface area (TPSA) is 121 Å². The van der Waals surface area contributed by atoms with Gasteiger partial charge in [-0.1, -0.05) is 0 Å². The number of imide groups is 1. The summed E-state index contributed by atoms with van der Waals surface area (Å²) >= 11 is 0. The summed E-state index contributed by atoms with van der Waals surface area (Å²) in [6, 6.07) is 6.44. The zero-order valence-electron chi connectivity index (χ0n) is 20.0. The van der Waals surface area contributed by atoms with Crippen molar-refractivity contribution in [2.45, 2.75) is 25.3 Å². The number of rotatable bonds is 8. The Hall–Kier alpha value is -4.12. The Bertz CT molecular complexity index is 1410. The number of carbonyl (C=O) groups excluding carboxylic acids is 3. The normalized spacial score (nSPS) is 16.7. The van der Waals surface area contributed by atoms with Crippen molar-refractivity contribution in [3.05, 3.63) is 53.0 Å². The van der Waals surface area contributed by atoms with Crippen LogP contribution in [0.4, 0.5) is 10.2 Å². The number of nitrogens with one attached hydrogen (secondary N) is 3. The van der Waals surface area contributed by atoms with E-state index in [2.05, 4.69) is 21.0 Å². The molecule has 3 N–H and O–H groups in total. The van der Waals surface area contributed by atoms with Crippen molar-refractivity contribution in [1.82, 2.24) is 30.1 Å². The first kappa shape index (κ1) is 23.6. The number of carbonyl (C=O) groups is 3. The second-order valence-corrected chi connectivity index (χ2v) is 9.26. The summed E-state index contributed by atoms with van der Waals surface area (Å²) < 4.78 is 16.2. The summed E-state index contributed by atoms with van der Waals surface area (Å²) in [5, 5.41) is 12.9. The zero-order chi connectivity index (χ0) is 25.4. The van der Waals surface area contributed by atoms with E-state index >= 15 is 0 Å². The van der Waals surface area contributed by atoms with Gasteiger partial charge < -0.3 is 15.5 Å². The van der Waals surface area contributed by atoms with E-state index in [4.69, 9.17) is 4.98 Å². The smallest absolute Gasteiger partial charge is 0.254 e. The van der Waals surface area contributed by atoms with Crippen LogP contribution >= 0.6 is 0 Å². The number of hydrogen-bond donors (Lipinski definition) is 3. The fraction of sp³-hybridized carbons (Fsp3) is 0.320. The van der Waals surface area contributed by atoms with Gasteiger partial charge in [0.2, 0.25) is 5.91 Å². The fourth-order valence-corrected chi connectivity index (χ4v) is 3.92. The van der Waals surface area contributed by atoms with E-state index in [9.17, 15) is 18.8 Å². The van der Waals surface area contributed by atoms with Gasteiger partial charge in [0.05, 0.1) is 23.9 Å². The number of benzene rings is 1. The second-order valence-electron chi connectivity index (χ2n) is 9.26. The fourth-order valence-electron chi connectivity index (χ4n) is 3.92. The molecule has 36 heavy (non-hydrogen) atoms. The quantitative estimate of drug-likeness (QED) is 0.325. The largest absolute Gasteiger partial charge is 0.367 e. The molecule has 1 aromatic carbocycles. The number of likely N-dealkylation sites (N-methyl/N-ethyl adjacent to an activating group) is 1. The van der Waals surface area contributed by atoms with E-state index in [0.717, 1.165) is 12.8 Å². The molecule has 2 aromatic heterocycles. The van der Waals surface area contributed by atoms with E-state index in [1.807, 2.05) is 25.1 Å². The molecule has 186 valence electrons. The average molecular weight is 492 g/mol. The van der Waals surface area contributed by atoms with E-state index < -0.39 is 17.6 Å². The number of hydrogen-bond acceptors (Lipinski definition) is 7. The third kappa shape index (κ3) is 4.96. The predicted molar refractivity (Wildman–Crippen MR) is 132 cm³/mol. The lowest BCUT2D eigenvalue weighted by atomic mass is 10.1. The van der Waals surface area contributed by atoms with Crippen molar-refractivity contribution in [1.29, 1.82) is 0 Å². The van der Waals surface area contributed by atoms with Gasteiger partial charge in [0.25, 0.3) is 11.8 Å². The maximum atomic E-state index is 14.6. The number of aromatic nitrogens is 3. The highest BCUT2D eigenvalue weighted by molar-refractivity contribution is 6.15. The highest BCUT2D eigenvalue weighted by atomic mass is 19.1. The van der Waals surface area contributed by atoms with Crippen molar-refractivity contribution in [3.8, 4) is 11.3 Å². The van der Waals surface area contributed by atoms with Crippen molar-refractivity contribution >= 4 is 35.3 Å². The highest BCUT2D eigenvalue weighted by Crippen LogP contribution is 2.30. The van der Waals surface area contributed by atoms with Gasteiger partial charge in [0.15, 0.2) is 5.65 Å². The lowest BCUT2D eigenvalue weighted by molar-refractivity contribution is -0.124. The molecule has 1 saturated heterocycles. The molecule has 0 bridgehead atoms. The summed E-state index contributed by atoms with van der Waals surface area (Å²) in [6.07, 6.45) is 5.25. The number of amides is 3. The molecule has 2 aliphatic rings. The standard InChI is InChI=1S/C25H26FN7O3/c1-32(2)8-7-27-25(36)18-10-14(3-6-19(18)26)20-12-21(29-17-4-5-17)33-23(30-20)16(13-28-33)9-15-11-22(34)31-24(15)35/h3,6,9-10,12-13,17,29H,4-5,7-8,11H2,1-2H3,(H,27,36)(H,31,34,35)/b15-9+. The highest BCUT2D eigenvalue weighted by Gasteiger charge is 2.26. The van der Waals surface area contributed by atoms with Crippen molar-refractivity contribution < 1.29 is 18.8 Å². The molecule has 5 rings (SSSR count). The molecule has 11 heteroatoms. The molecule has 2 fully saturated rings. The maximum Gasteiger partial charge on any atom is 0.254 e. The van der Waals surface area contributed by atoms with Crippen LogP contribution in [0.1, 0.15) is 35.2 Å². The number of fused-ring (bicyclic) bond motifs is 1. The van der Waals surface area contributed by atoms with Crippen LogP contribution < -0.4 is 16.0 Å². The van der Waals surface area contributed by atoms with Gasteiger partial charge in [-0.2, -0.15) is 9.61 Å². The molecule has 10 nitrogen and oxygen atoms in total. The molecule has 0 unspecified atom stereocenters. The van der Waals surface area contributed by atoms with Crippen LogP contribution in [-0.4, -0.2) is 70.4 Å². The van der Waals surface area contributed by atoms with E-state index in [1.165, 1.54) is 12.1 Å². The van der Waals surface area contributed by atoms with Gasteiger partial charge in [-0.3, -0.25) is 19.7 Å². The Morgan fingerprint density at radius 2 is 2.08 bits per heavy atom. The molecule has 0 spiro atoms. The molecular weight excluding hydrogens is 465 g/mol. The summed E-state index contributed by atoms with van der Waals surface area (Å²) in [5.41, 5.74) is 2.37. The second kappa shape index (κ2) is 9.50. The molecule has 3 heterocycles. The number of anilines is 1. The lowest BCUT2D eigenvalue weighted by Gasteiger charge is -2.13. The third-order valence-corrected chi connectivity index (χ3v) is 6.01. The van der Waals surface area contributed by atoms with Gasteiger partial charge in [-0.15, -0.1) is 0 Å². The summed E-state index contributed by atoms with van der Waals surface area (Å²) in [6.45, 7) is 1.02. The first-order chi connectivity index (χ1) is 17.3. The first-order valence-corrected chi connectivity index (χ1v) is 11.7. The molecular formula is C25H26FN7O3. The van der Waals surface area contributed by atoms with Crippen molar-refractivity contribution in [2.24, 2.45) is 0 Å². The lowest BCUT2D eigenvalue weighted by Crippen LogP contribution is -2.31. The van der Waals surface area contributed by atoms with E-state index in [0.29, 0.717) is 53.0 Å². The molecule has 1 saturated carbocycles. The number of halogens is 1. The Labute approximate surface area is 206 Å². The van der Waals surface area contributed by atoms with Crippen molar-refractivity contribution in [2.75, 3.05) is 32.5 Å². The van der Waals surface area contributed by atoms with Crippen LogP contribution in [0, 0.1) is 5.82 Å². The predicted octanol–water partition coefficient (Wildman–Crippen LogP) is 1.83. The van der Waals surface area contributed by atoms with E-state index in [1.54, 1.807) is 22.9 Å². The summed E-state index contributed by atoms with van der Waals surface area (Å²) in [5.74, 6) is -1.22. The first-order valence-electron chi connectivity index (χ1n) is 11.7. The Kier molecular flexibility index (Phi) is 6.23. The molecule has 3 amide bonds. The maximum absolute atomic E-state index is 14.6. The van der Waals surface area contributed by atoms with Gasteiger partial charge in [-0.25, -0.2) is 9.37 Å². The summed E-state index contributed by atoms with van der Waals surface area (Å²) in [4.78, 5) is 43.0. The van der Waals surface area contributed by atoms with Gasteiger partial charge in [0, 0.05) is 41.9 Å². The molecule has 1 aliphatic carbocycles. The minimum Gasteiger partial charge on any atom is -0.367 e. The molecule has 3 aromatic rings.